The third-order valence-electron chi connectivity index (χ3n) is 2.47. The number of aldehydes is 1. The van der Waals surface area contributed by atoms with Gasteiger partial charge in [0.1, 0.15) is 6.29 Å². The fraction of sp³-hybridized carbons (Fsp3) is 0.857. The molecule has 0 aliphatic heterocycles. The molecule has 0 saturated carbocycles. The zero-order chi connectivity index (χ0) is 15.6. The number of carbonyl (C=O) groups is 2. The van der Waals surface area contributed by atoms with Gasteiger partial charge in [-0.3, -0.25) is 4.79 Å². The smallest absolute Gasteiger partial charge is 0.220 e. The number of rotatable bonds is 16. The third kappa shape index (κ3) is 16.9. The van der Waals surface area contributed by atoms with Gasteiger partial charge in [-0.25, -0.2) is 0 Å². The van der Waals surface area contributed by atoms with E-state index in [-0.39, 0.29) is 5.91 Å². The quantitative estimate of drug-likeness (QED) is 0.323. The van der Waals surface area contributed by atoms with Crippen LogP contribution in [0.1, 0.15) is 19.3 Å². The Morgan fingerprint density at radius 3 is 2.10 bits per heavy atom. The lowest BCUT2D eigenvalue weighted by molar-refractivity contribution is -0.121. The van der Waals surface area contributed by atoms with E-state index < -0.39 is 0 Å². The number of methoxy groups -OCH3 is 1. The summed E-state index contributed by atoms with van der Waals surface area (Å²) in [6.45, 7) is 4.14. The first-order valence-electron chi connectivity index (χ1n) is 7.23. The average Bonchev–Trinajstić information content (AvgIpc) is 2.48. The highest BCUT2D eigenvalue weighted by molar-refractivity contribution is 5.76. The molecule has 7 nitrogen and oxygen atoms in total. The van der Waals surface area contributed by atoms with Crippen LogP contribution < -0.4 is 5.32 Å². The van der Waals surface area contributed by atoms with Gasteiger partial charge in [0, 0.05) is 26.5 Å². The van der Waals surface area contributed by atoms with Crippen molar-refractivity contribution in [3.05, 3.63) is 0 Å². The summed E-state index contributed by atoms with van der Waals surface area (Å²) in [4.78, 5) is 21.4. The summed E-state index contributed by atoms with van der Waals surface area (Å²) in [7, 11) is 1.63. The molecule has 0 aromatic rings. The topological polar surface area (TPSA) is 83.1 Å². The number of carbonyl (C=O) groups excluding carboxylic acids is 2. The predicted molar refractivity (Wildman–Crippen MR) is 77.3 cm³/mol. The number of hydrogen-bond donors (Lipinski definition) is 1. The molecule has 0 fully saturated rings. The van der Waals surface area contributed by atoms with E-state index in [1.165, 1.54) is 0 Å². The summed E-state index contributed by atoms with van der Waals surface area (Å²) in [5.74, 6) is -0.0510. The van der Waals surface area contributed by atoms with Crippen molar-refractivity contribution in [1.29, 1.82) is 0 Å². The number of nitrogens with one attached hydrogen (secondary N) is 1. The van der Waals surface area contributed by atoms with Gasteiger partial charge in [0.05, 0.1) is 46.2 Å². The summed E-state index contributed by atoms with van der Waals surface area (Å²) in [5.41, 5.74) is 0. The Kier molecular flexibility index (Phi) is 16.2. The molecular formula is C14H27NO6. The predicted octanol–water partition coefficient (Wildman–Crippen LogP) is 0.168. The second-order valence-corrected chi connectivity index (χ2v) is 4.24. The number of amides is 1. The van der Waals surface area contributed by atoms with E-state index in [0.29, 0.717) is 72.1 Å². The minimum atomic E-state index is -0.0510. The van der Waals surface area contributed by atoms with Crippen LogP contribution in [0, 0.1) is 0 Å². The van der Waals surface area contributed by atoms with Crippen LogP contribution >= 0.6 is 0 Å². The summed E-state index contributed by atoms with van der Waals surface area (Å²) in [5, 5.41) is 2.72. The maximum absolute atomic E-state index is 11.3. The number of unbranched alkanes of at least 4 members (excludes halogenated alkanes) is 1. The summed E-state index contributed by atoms with van der Waals surface area (Å²) >= 11 is 0. The van der Waals surface area contributed by atoms with Gasteiger partial charge in [0.15, 0.2) is 0 Å². The Bertz CT molecular complexity index is 250. The van der Waals surface area contributed by atoms with Crippen LogP contribution in [0.4, 0.5) is 0 Å². The Morgan fingerprint density at radius 2 is 1.52 bits per heavy atom. The highest BCUT2D eigenvalue weighted by Gasteiger charge is 1.99. The van der Waals surface area contributed by atoms with Gasteiger partial charge in [0.25, 0.3) is 0 Å². The van der Waals surface area contributed by atoms with E-state index in [0.717, 1.165) is 6.29 Å². The van der Waals surface area contributed by atoms with Crippen molar-refractivity contribution in [2.75, 3.05) is 59.9 Å². The van der Waals surface area contributed by atoms with E-state index in [1.54, 1.807) is 7.11 Å². The van der Waals surface area contributed by atoms with Crippen molar-refractivity contribution in [2.24, 2.45) is 0 Å². The van der Waals surface area contributed by atoms with Crippen LogP contribution in [0.25, 0.3) is 0 Å². The molecule has 0 bridgehead atoms. The zero-order valence-corrected chi connectivity index (χ0v) is 12.8. The fourth-order valence-corrected chi connectivity index (χ4v) is 1.38. The summed E-state index contributed by atoms with van der Waals surface area (Å²) in [6, 6.07) is 0. The van der Waals surface area contributed by atoms with Gasteiger partial charge >= 0.3 is 0 Å². The van der Waals surface area contributed by atoms with Crippen molar-refractivity contribution in [1.82, 2.24) is 5.32 Å². The molecular weight excluding hydrogens is 278 g/mol. The highest BCUT2D eigenvalue weighted by atomic mass is 16.6. The molecule has 7 heteroatoms. The molecule has 0 unspecified atom stereocenters. The van der Waals surface area contributed by atoms with Crippen LogP contribution in [0.2, 0.25) is 0 Å². The molecule has 0 aromatic carbocycles. The summed E-state index contributed by atoms with van der Waals surface area (Å²) < 4.78 is 20.7. The molecule has 1 N–H and O–H groups in total. The first-order chi connectivity index (χ1) is 10.3. The van der Waals surface area contributed by atoms with Gasteiger partial charge < -0.3 is 29.1 Å². The Hall–Kier alpha value is -1.02. The largest absolute Gasteiger partial charge is 0.382 e. The van der Waals surface area contributed by atoms with E-state index in [4.69, 9.17) is 18.9 Å². The minimum Gasteiger partial charge on any atom is -0.382 e. The first-order valence-corrected chi connectivity index (χ1v) is 7.23. The lowest BCUT2D eigenvalue weighted by atomic mass is 10.2. The SMILES string of the molecule is COCCOCCOCCOCCNC(=O)CCCC=O. The lowest BCUT2D eigenvalue weighted by Gasteiger charge is -2.07. The van der Waals surface area contributed by atoms with Crippen LogP contribution in [0.3, 0.4) is 0 Å². The van der Waals surface area contributed by atoms with Crippen LogP contribution in [0.15, 0.2) is 0 Å². The maximum Gasteiger partial charge on any atom is 0.220 e. The molecule has 0 aliphatic rings. The van der Waals surface area contributed by atoms with E-state index in [9.17, 15) is 9.59 Å². The van der Waals surface area contributed by atoms with Gasteiger partial charge in [0.2, 0.25) is 5.91 Å². The number of ether oxygens (including phenoxy) is 4. The van der Waals surface area contributed by atoms with Crippen molar-refractivity contribution >= 4 is 12.2 Å². The van der Waals surface area contributed by atoms with Crippen molar-refractivity contribution in [3.8, 4) is 0 Å². The van der Waals surface area contributed by atoms with Crippen LogP contribution in [-0.4, -0.2) is 72.1 Å². The van der Waals surface area contributed by atoms with Crippen molar-refractivity contribution in [2.45, 2.75) is 19.3 Å². The molecule has 21 heavy (non-hydrogen) atoms. The zero-order valence-electron chi connectivity index (χ0n) is 12.8. The van der Waals surface area contributed by atoms with Crippen LogP contribution in [-0.2, 0) is 28.5 Å². The molecule has 0 atom stereocenters. The van der Waals surface area contributed by atoms with Crippen LogP contribution in [0.5, 0.6) is 0 Å². The normalized spacial score (nSPS) is 10.5. The molecule has 0 saturated heterocycles. The Balaban J connectivity index is 3.08. The van der Waals surface area contributed by atoms with E-state index >= 15 is 0 Å². The first kappa shape index (κ1) is 20.0. The standard InChI is InChI=1S/C14H27NO6/c1-18-8-9-20-12-13-21-11-10-19-7-5-15-14(17)4-2-3-6-16/h6H,2-5,7-13H2,1H3,(H,15,17). The molecule has 1 amide bonds. The molecule has 0 rings (SSSR count). The summed E-state index contributed by atoms with van der Waals surface area (Å²) in [6.07, 6.45) is 2.22. The monoisotopic (exact) mass is 305 g/mol. The molecule has 0 spiro atoms. The minimum absolute atomic E-state index is 0.0510. The second-order valence-electron chi connectivity index (χ2n) is 4.24. The average molecular weight is 305 g/mol. The van der Waals surface area contributed by atoms with Gasteiger partial charge in [-0.15, -0.1) is 0 Å². The molecule has 124 valence electrons. The molecule has 0 aromatic heterocycles. The van der Waals surface area contributed by atoms with Gasteiger partial charge in [-0.1, -0.05) is 0 Å². The second kappa shape index (κ2) is 17.0. The molecule has 0 heterocycles. The highest BCUT2D eigenvalue weighted by Crippen LogP contribution is 1.91. The van der Waals surface area contributed by atoms with Gasteiger partial charge in [-0.2, -0.15) is 0 Å². The lowest BCUT2D eigenvalue weighted by Crippen LogP contribution is -2.27. The maximum atomic E-state index is 11.3. The van der Waals surface area contributed by atoms with Crippen molar-refractivity contribution in [3.63, 3.8) is 0 Å². The van der Waals surface area contributed by atoms with Crippen molar-refractivity contribution < 1.29 is 28.5 Å². The van der Waals surface area contributed by atoms with Gasteiger partial charge in [-0.05, 0) is 6.42 Å². The van der Waals surface area contributed by atoms with E-state index in [1.807, 2.05) is 0 Å². The third-order valence-corrected chi connectivity index (χ3v) is 2.47. The fourth-order valence-electron chi connectivity index (χ4n) is 1.38. The molecule has 0 aliphatic carbocycles. The number of hydrogen-bond acceptors (Lipinski definition) is 6. The molecule has 0 radical (unpaired) electrons. The Morgan fingerprint density at radius 1 is 0.952 bits per heavy atom. The Labute approximate surface area is 126 Å². The van der Waals surface area contributed by atoms with E-state index in [2.05, 4.69) is 5.32 Å².